The van der Waals surface area contributed by atoms with Gasteiger partial charge in [-0.1, -0.05) is 12.1 Å². The van der Waals surface area contributed by atoms with Crippen LogP contribution >= 0.6 is 27.3 Å². The van der Waals surface area contributed by atoms with Crippen LogP contribution < -0.4 is 4.74 Å². The summed E-state index contributed by atoms with van der Waals surface area (Å²) in [6.07, 6.45) is 0.434. The minimum Gasteiger partial charge on any atom is -0.497 e. The first kappa shape index (κ1) is 12.3. The lowest BCUT2D eigenvalue weighted by Crippen LogP contribution is -2.02. The number of ether oxygens (including phenoxy) is 1. The summed E-state index contributed by atoms with van der Waals surface area (Å²) < 4.78 is 6.15. The second kappa shape index (κ2) is 5.47. The average molecular weight is 311 g/mol. The molecule has 0 radical (unpaired) electrons. The van der Waals surface area contributed by atoms with Crippen molar-refractivity contribution in [2.24, 2.45) is 0 Å². The molecule has 0 N–H and O–H groups in total. The van der Waals surface area contributed by atoms with Crippen LogP contribution in [0.15, 0.2) is 40.2 Å². The number of halogens is 1. The molecule has 4 heteroatoms. The van der Waals surface area contributed by atoms with Gasteiger partial charge in [0.2, 0.25) is 0 Å². The van der Waals surface area contributed by atoms with Crippen LogP contribution in [0.5, 0.6) is 5.75 Å². The molecule has 2 aromatic rings. The van der Waals surface area contributed by atoms with E-state index in [1.165, 1.54) is 0 Å². The van der Waals surface area contributed by atoms with Crippen molar-refractivity contribution in [1.29, 1.82) is 0 Å². The van der Waals surface area contributed by atoms with Crippen LogP contribution in [0.2, 0.25) is 0 Å². The second-order valence-electron chi connectivity index (χ2n) is 3.54. The molecule has 1 aromatic heterocycles. The Kier molecular flexibility index (Phi) is 3.97. The number of ketones is 1. The van der Waals surface area contributed by atoms with Gasteiger partial charge in [0, 0.05) is 16.9 Å². The Bertz CT molecular complexity index is 534. The van der Waals surface area contributed by atoms with Crippen LogP contribution in [-0.2, 0) is 6.42 Å². The molecule has 0 amide bonds. The van der Waals surface area contributed by atoms with E-state index in [1.54, 1.807) is 24.5 Å². The van der Waals surface area contributed by atoms with Crippen LogP contribution in [0.1, 0.15) is 15.2 Å². The highest BCUT2D eigenvalue weighted by atomic mass is 79.9. The first-order chi connectivity index (χ1) is 8.19. The minimum atomic E-state index is 0.109. The first-order valence-corrected chi connectivity index (χ1v) is 6.71. The van der Waals surface area contributed by atoms with E-state index >= 15 is 0 Å². The monoisotopic (exact) mass is 310 g/mol. The van der Waals surface area contributed by atoms with Gasteiger partial charge in [0.05, 0.1) is 10.9 Å². The molecule has 88 valence electrons. The number of carbonyl (C=O) groups is 1. The molecule has 0 saturated heterocycles. The average Bonchev–Trinajstić information content (AvgIpc) is 2.75. The molecule has 0 spiro atoms. The lowest BCUT2D eigenvalue weighted by molar-refractivity contribution is 0.0993. The number of rotatable bonds is 4. The van der Waals surface area contributed by atoms with Crippen LogP contribution in [-0.4, -0.2) is 12.9 Å². The van der Waals surface area contributed by atoms with Gasteiger partial charge in [-0.05, 0) is 40.2 Å². The standard InChI is InChI=1S/C13H11BrO2S/c1-16-10-4-2-3-9(7-10)12(15)8-11-5-6-13(14)17-11/h2-7H,8H2,1H3. The normalized spacial score (nSPS) is 10.2. The molecule has 0 saturated carbocycles. The fraction of sp³-hybridized carbons (Fsp3) is 0.154. The quantitative estimate of drug-likeness (QED) is 0.799. The van der Waals surface area contributed by atoms with Crippen molar-refractivity contribution in [2.45, 2.75) is 6.42 Å². The van der Waals surface area contributed by atoms with E-state index in [0.717, 1.165) is 8.66 Å². The molecule has 2 rings (SSSR count). The zero-order chi connectivity index (χ0) is 12.3. The number of hydrogen-bond acceptors (Lipinski definition) is 3. The summed E-state index contributed by atoms with van der Waals surface area (Å²) in [6, 6.07) is 11.2. The van der Waals surface area contributed by atoms with Crippen molar-refractivity contribution in [2.75, 3.05) is 7.11 Å². The minimum absolute atomic E-state index is 0.109. The van der Waals surface area contributed by atoms with Gasteiger partial charge in [0.1, 0.15) is 5.75 Å². The van der Waals surface area contributed by atoms with Gasteiger partial charge in [-0.2, -0.15) is 0 Å². The summed E-state index contributed by atoms with van der Waals surface area (Å²) in [4.78, 5) is 13.1. The van der Waals surface area contributed by atoms with Gasteiger partial charge in [-0.25, -0.2) is 0 Å². The van der Waals surface area contributed by atoms with Crippen LogP contribution in [0.25, 0.3) is 0 Å². The Morgan fingerprint density at radius 3 is 2.82 bits per heavy atom. The Hall–Kier alpha value is -1.13. The zero-order valence-corrected chi connectivity index (χ0v) is 11.7. The SMILES string of the molecule is COc1cccc(C(=O)Cc2ccc(Br)s2)c1. The molecule has 0 aliphatic rings. The Labute approximate surface area is 112 Å². The van der Waals surface area contributed by atoms with E-state index in [-0.39, 0.29) is 5.78 Å². The third-order valence-electron chi connectivity index (χ3n) is 2.36. The maximum Gasteiger partial charge on any atom is 0.168 e. The Morgan fingerprint density at radius 2 is 2.18 bits per heavy atom. The van der Waals surface area contributed by atoms with Crippen LogP contribution in [0.4, 0.5) is 0 Å². The predicted octanol–water partition coefficient (Wildman–Crippen LogP) is 3.94. The number of carbonyl (C=O) groups excluding carboxylic acids is 1. The largest absolute Gasteiger partial charge is 0.497 e. The fourth-order valence-corrected chi connectivity index (χ4v) is 2.99. The number of benzene rings is 1. The lowest BCUT2D eigenvalue weighted by Gasteiger charge is -2.02. The molecule has 1 heterocycles. The molecule has 2 nitrogen and oxygen atoms in total. The van der Waals surface area contributed by atoms with Gasteiger partial charge >= 0.3 is 0 Å². The van der Waals surface area contributed by atoms with E-state index in [9.17, 15) is 4.79 Å². The van der Waals surface area contributed by atoms with Crippen LogP contribution in [0.3, 0.4) is 0 Å². The summed E-state index contributed by atoms with van der Waals surface area (Å²) in [6.45, 7) is 0. The van der Waals surface area contributed by atoms with Gasteiger partial charge in [0.15, 0.2) is 5.78 Å². The molecular weight excluding hydrogens is 300 g/mol. The zero-order valence-electron chi connectivity index (χ0n) is 9.27. The molecule has 0 fully saturated rings. The first-order valence-electron chi connectivity index (χ1n) is 5.10. The van der Waals surface area contributed by atoms with Gasteiger partial charge in [0.25, 0.3) is 0 Å². The highest BCUT2D eigenvalue weighted by Gasteiger charge is 2.09. The smallest absolute Gasteiger partial charge is 0.168 e. The third-order valence-corrected chi connectivity index (χ3v) is 3.98. The van der Waals surface area contributed by atoms with Gasteiger partial charge < -0.3 is 4.74 Å². The summed E-state index contributed by atoms with van der Waals surface area (Å²) >= 11 is 4.97. The summed E-state index contributed by atoms with van der Waals surface area (Å²) in [5, 5.41) is 0. The summed E-state index contributed by atoms with van der Waals surface area (Å²) in [5.41, 5.74) is 0.689. The van der Waals surface area contributed by atoms with Crippen molar-refractivity contribution in [3.05, 3.63) is 50.6 Å². The predicted molar refractivity (Wildman–Crippen MR) is 73.0 cm³/mol. The maximum absolute atomic E-state index is 12.0. The van der Waals surface area contributed by atoms with Crippen molar-refractivity contribution in [3.8, 4) is 5.75 Å². The van der Waals surface area contributed by atoms with E-state index in [4.69, 9.17) is 4.74 Å². The van der Waals surface area contributed by atoms with Gasteiger partial charge in [-0.15, -0.1) is 11.3 Å². The summed E-state index contributed by atoms with van der Waals surface area (Å²) in [7, 11) is 1.60. The van der Waals surface area contributed by atoms with E-state index in [0.29, 0.717) is 17.7 Å². The highest BCUT2D eigenvalue weighted by molar-refractivity contribution is 9.11. The summed E-state index contributed by atoms with van der Waals surface area (Å²) in [5.74, 6) is 0.821. The second-order valence-corrected chi connectivity index (χ2v) is 6.09. The molecule has 0 aliphatic heterocycles. The lowest BCUT2D eigenvalue weighted by atomic mass is 10.1. The molecular formula is C13H11BrO2S. The van der Waals surface area contributed by atoms with E-state index in [1.807, 2.05) is 30.3 Å². The Morgan fingerprint density at radius 1 is 1.35 bits per heavy atom. The third kappa shape index (κ3) is 3.17. The van der Waals surface area contributed by atoms with Gasteiger partial charge in [-0.3, -0.25) is 4.79 Å². The van der Waals surface area contributed by atoms with E-state index < -0.39 is 0 Å². The molecule has 1 aromatic carbocycles. The molecule has 0 unspecified atom stereocenters. The fourth-order valence-electron chi connectivity index (χ4n) is 1.50. The topological polar surface area (TPSA) is 26.3 Å². The molecule has 0 bridgehead atoms. The number of hydrogen-bond donors (Lipinski definition) is 0. The maximum atomic E-state index is 12.0. The molecule has 17 heavy (non-hydrogen) atoms. The van der Waals surface area contributed by atoms with Crippen molar-refractivity contribution in [1.82, 2.24) is 0 Å². The van der Waals surface area contributed by atoms with Crippen molar-refractivity contribution in [3.63, 3.8) is 0 Å². The molecule has 0 aliphatic carbocycles. The molecule has 0 atom stereocenters. The highest BCUT2D eigenvalue weighted by Crippen LogP contribution is 2.23. The number of Topliss-reactive ketones (excluding diaryl/α,β-unsaturated/α-hetero) is 1. The van der Waals surface area contributed by atoms with Crippen LogP contribution in [0, 0.1) is 0 Å². The Balaban J connectivity index is 2.14. The van der Waals surface area contributed by atoms with Crippen molar-refractivity contribution < 1.29 is 9.53 Å². The van der Waals surface area contributed by atoms with Crippen molar-refractivity contribution >= 4 is 33.0 Å². The van der Waals surface area contributed by atoms with E-state index in [2.05, 4.69) is 15.9 Å². The number of thiophene rings is 1. The number of methoxy groups -OCH3 is 1.